The molecule has 1 aromatic heterocycles. The van der Waals surface area contributed by atoms with E-state index in [9.17, 15) is 0 Å². The highest BCUT2D eigenvalue weighted by Gasteiger charge is 1.98. The molecular formula is C18H14N4O2S. The number of aromatic nitrogens is 2. The van der Waals surface area contributed by atoms with Crippen LogP contribution in [0.3, 0.4) is 0 Å². The van der Waals surface area contributed by atoms with Crippen molar-refractivity contribution in [2.45, 2.75) is 0 Å². The zero-order valence-corrected chi connectivity index (χ0v) is 13.9. The number of nitrogens with zero attached hydrogens (tertiary/aromatic N) is 4. The van der Waals surface area contributed by atoms with Crippen LogP contribution in [-0.4, -0.2) is 21.9 Å². The van der Waals surface area contributed by atoms with E-state index in [1.807, 2.05) is 42.5 Å². The molecule has 3 aromatic rings. The minimum Gasteiger partial charge on any atom is -0.445 e. The van der Waals surface area contributed by atoms with Gasteiger partial charge in [-0.1, -0.05) is 18.2 Å². The van der Waals surface area contributed by atoms with E-state index in [-0.39, 0.29) is 0 Å². The van der Waals surface area contributed by atoms with Gasteiger partial charge in [0.1, 0.15) is 11.5 Å². The van der Waals surface area contributed by atoms with Crippen LogP contribution in [0.25, 0.3) is 0 Å². The predicted molar refractivity (Wildman–Crippen MR) is 99.9 cm³/mol. The zero-order chi connectivity index (χ0) is 17.2. The summed E-state index contributed by atoms with van der Waals surface area (Å²) in [5, 5.41) is 0. The van der Waals surface area contributed by atoms with Crippen molar-refractivity contribution < 1.29 is 9.47 Å². The minimum atomic E-state index is 0.307. The monoisotopic (exact) mass is 350 g/mol. The van der Waals surface area contributed by atoms with Crippen LogP contribution in [0.4, 0.5) is 5.69 Å². The first kappa shape index (κ1) is 16.7. The summed E-state index contributed by atoms with van der Waals surface area (Å²) in [5.41, 5.74) is 2.41. The highest BCUT2D eigenvalue weighted by molar-refractivity contribution is 8.11. The van der Waals surface area contributed by atoms with Crippen LogP contribution >= 0.6 is 11.9 Å². The normalized spacial score (nSPS) is 11.0. The maximum atomic E-state index is 5.51. The van der Waals surface area contributed by atoms with Gasteiger partial charge in [0, 0.05) is 24.3 Å². The van der Waals surface area contributed by atoms with Gasteiger partial charge in [-0.3, -0.25) is 0 Å². The van der Waals surface area contributed by atoms with Crippen LogP contribution in [-0.2, 0) is 0 Å². The van der Waals surface area contributed by atoms with Gasteiger partial charge in [0.05, 0.1) is 11.2 Å². The lowest BCUT2D eigenvalue weighted by Gasteiger charge is -2.02. The Labute approximate surface area is 149 Å². The Balaban J connectivity index is 1.45. The molecule has 0 saturated heterocycles. The fraction of sp³-hybridized carbons (Fsp3) is 0. The van der Waals surface area contributed by atoms with Gasteiger partial charge in [-0.2, -0.15) is 4.40 Å². The van der Waals surface area contributed by atoms with Gasteiger partial charge in [-0.15, -0.1) is 0 Å². The molecule has 1 heterocycles. The van der Waals surface area contributed by atoms with Gasteiger partial charge < -0.3 is 9.47 Å². The Morgan fingerprint density at radius 1 is 0.840 bits per heavy atom. The van der Waals surface area contributed by atoms with Gasteiger partial charge in [-0.25, -0.2) is 15.0 Å². The molecule has 0 unspecified atom stereocenters. The van der Waals surface area contributed by atoms with Crippen LogP contribution in [0.5, 0.6) is 17.5 Å². The third kappa shape index (κ3) is 5.74. The summed E-state index contributed by atoms with van der Waals surface area (Å²) in [6, 6.07) is 18.7. The Morgan fingerprint density at radius 2 is 1.60 bits per heavy atom. The molecule has 0 radical (unpaired) electrons. The second-order valence-electron chi connectivity index (χ2n) is 4.61. The Bertz CT molecular complexity index is 825. The SMILES string of the molecule is C(=NSC=Nc1ccc(Oc2ncccn2)cc1)Oc1ccccc1. The minimum absolute atomic E-state index is 0.307. The molecule has 25 heavy (non-hydrogen) atoms. The van der Waals surface area contributed by atoms with Crippen LogP contribution in [0.1, 0.15) is 0 Å². The molecule has 0 aliphatic carbocycles. The lowest BCUT2D eigenvalue weighted by molar-refractivity contribution is 0.442. The number of ether oxygens (including phenoxy) is 2. The Morgan fingerprint density at radius 3 is 2.36 bits per heavy atom. The standard InChI is InChI=1S/C18H14N4O2S/c1-2-5-16(6-3-1)23-13-22-25-14-21-15-7-9-17(10-8-15)24-18-19-11-4-12-20-18/h1-14H. The summed E-state index contributed by atoms with van der Waals surface area (Å²) in [7, 11) is 0. The van der Waals surface area contributed by atoms with E-state index in [2.05, 4.69) is 19.4 Å². The summed E-state index contributed by atoms with van der Waals surface area (Å²) in [4.78, 5) is 12.3. The number of hydrogen-bond acceptors (Lipinski definition) is 7. The molecule has 0 saturated carbocycles. The molecule has 0 N–H and O–H groups in total. The summed E-state index contributed by atoms with van der Waals surface area (Å²) in [6.07, 6.45) is 4.63. The van der Waals surface area contributed by atoms with Gasteiger partial charge in [0.2, 0.25) is 0 Å². The lowest BCUT2D eigenvalue weighted by atomic mass is 10.3. The van der Waals surface area contributed by atoms with Gasteiger partial charge in [-0.05, 0) is 42.5 Å². The van der Waals surface area contributed by atoms with E-state index in [0.717, 1.165) is 11.4 Å². The van der Waals surface area contributed by atoms with Crippen molar-refractivity contribution in [3.05, 3.63) is 73.1 Å². The molecule has 7 heteroatoms. The molecule has 0 aliphatic rings. The largest absolute Gasteiger partial charge is 0.445 e. The van der Waals surface area contributed by atoms with Crippen molar-refractivity contribution in [1.29, 1.82) is 0 Å². The molecule has 6 nitrogen and oxygen atoms in total. The summed E-state index contributed by atoms with van der Waals surface area (Å²) < 4.78 is 14.9. The van der Waals surface area contributed by atoms with E-state index in [1.54, 1.807) is 36.1 Å². The van der Waals surface area contributed by atoms with Crippen LogP contribution in [0.15, 0.2) is 82.4 Å². The highest BCUT2D eigenvalue weighted by atomic mass is 32.2. The van der Waals surface area contributed by atoms with Crippen molar-refractivity contribution >= 4 is 29.6 Å². The molecular weight excluding hydrogens is 336 g/mol. The summed E-state index contributed by atoms with van der Waals surface area (Å²) >= 11 is 1.18. The topological polar surface area (TPSA) is 69.0 Å². The average Bonchev–Trinajstić information content (AvgIpc) is 2.67. The van der Waals surface area contributed by atoms with Gasteiger partial charge in [0.25, 0.3) is 0 Å². The molecule has 124 valence electrons. The van der Waals surface area contributed by atoms with Crippen molar-refractivity contribution in [2.24, 2.45) is 9.39 Å². The predicted octanol–water partition coefficient (Wildman–Crippen LogP) is 4.68. The number of aliphatic imine (C=N–C) groups is 1. The van der Waals surface area contributed by atoms with Crippen molar-refractivity contribution in [3.8, 4) is 17.5 Å². The Hall–Kier alpha value is -3.19. The summed E-state index contributed by atoms with van der Waals surface area (Å²) in [5.74, 6) is 1.38. The number of rotatable bonds is 7. The van der Waals surface area contributed by atoms with E-state index in [4.69, 9.17) is 9.47 Å². The summed E-state index contributed by atoms with van der Waals surface area (Å²) in [6.45, 7) is 0. The lowest BCUT2D eigenvalue weighted by Crippen LogP contribution is -1.89. The molecule has 2 aromatic carbocycles. The third-order valence-electron chi connectivity index (χ3n) is 2.87. The fourth-order valence-electron chi connectivity index (χ4n) is 1.76. The maximum absolute atomic E-state index is 5.51. The smallest absolute Gasteiger partial charge is 0.321 e. The maximum Gasteiger partial charge on any atom is 0.321 e. The molecule has 0 spiro atoms. The van der Waals surface area contributed by atoms with Crippen LogP contribution in [0, 0.1) is 0 Å². The zero-order valence-electron chi connectivity index (χ0n) is 13.1. The fourth-order valence-corrected chi connectivity index (χ4v) is 2.08. The van der Waals surface area contributed by atoms with Crippen LogP contribution < -0.4 is 9.47 Å². The van der Waals surface area contributed by atoms with Crippen LogP contribution in [0.2, 0.25) is 0 Å². The van der Waals surface area contributed by atoms with Crippen molar-refractivity contribution in [1.82, 2.24) is 9.97 Å². The second kappa shape index (κ2) is 9.19. The molecule has 3 rings (SSSR count). The molecule has 0 amide bonds. The molecule has 0 aliphatic heterocycles. The first-order valence-electron chi connectivity index (χ1n) is 7.37. The average molecular weight is 350 g/mol. The second-order valence-corrected chi connectivity index (χ2v) is 5.24. The molecule has 0 fully saturated rings. The van der Waals surface area contributed by atoms with Crippen molar-refractivity contribution in [3.63, 3.8) is 0 Å². The highest BCUT2D eigenvalue weighted by Crippen LogP contribution is 2.21. The number of para-hydroxylation sites is 1. The van der Waals surface area contributed by atoms with E-state index < -0.39 is 0 Å². The molecule has 0 atom stereocenters. The van der Waals surface area contributed by atoms with E-state index in [0.29, 0.717) is 11.8 Å². The van der Waals surface area contributed by atoms with Crippen molar-refractivity contribution in [2.75, 3.05) is 0 Å². The Kier molecular flexibility index (Phi) is 6.12. The first-order valence-corrected chi connectivity index (χ1v) is 8.21. The first-order chi connectivity index (χ1) is 12.4. The molecule has 0 bridgehead atoms. The van der Waals surface area contributed by atoms with Gasteiger partial charge in [0.15, 0.2) is 6.40 Å². The number of hydrogen-bond donors (Lipinski definition) is 0. The number of benzene rings is 2. The quantitative estimate of drug-likeness (QED) is 0.351. The van der Waals surface area contributed by atoms with Gasteiger partial charge >= 0.3 is 6.01 Å². The van der Waals surface area contributed by atoms with E-state index >= 15 is 0 Å². The van der Waals surface area contributed by atoms with E-state index in [1.165, 1.54) is 18.3 Å². The third-order valence-corrected chi connectivity index (χ3v) is 3.28.